The SMILES string of the molecule is CC(C(=O)O)N(C(=O)c1ccc([N+](=O)[O-])cc1)C1CC1. The lowest BCUT2D eigenvalue weighted by molar-refractivity contribution is -0.384. The highest BCUT2D eigenvalue weighted by Crippen LogP contribution is 2.30. The number of nitrogens with zero attached hydrogens (tertiary/aromatic N) is 2. The number of nitro benzene ring substituents is 1. The molecule has 1 aliphatic carbocycles. The van der Waals surface area contributed by atoms with Crippen LogP contribution in [0.15, 0.2) is 24.3 Å². The Hall–Kier alpha value is -2.44. The summed E-state index contributed by atoms with van der Waals surface area (Å²) in [7, 11) is 0. The summed E-state index contributed by atoms with van der Waals surface area (Å²) in [4.78, 5) is 34.8. The molecule has 106 valence electrons. The first-order valence-corrected chi connectivity index (χ1v) is 6.21. The molecule has 1 amide bonds. The van der Waals surface area contributed by atoms with Crippen LogP contribution in [0.5, 0.6) is 0 Å². The maximum atomic E-state index is 12.3. The molecule has 1 unspecified atom stereocenters. The highest BCUT2D eigenvalue weighted by molar-refractivity contribution is 5.97. The van der Waals surface area contributed by atoms with Gasteiger partial charge in [-0.2, -0.15) is 0 Å². The number of benzene rings is 1. The van der Waals surface area contributed by atoms with Crippen molar-refractivity contribution >= 4 is 17.6 Å². The van der Waals surface area contributed by atoms with E-state index in [2.05, 4.69) is 0 Å². The van der Waals surface area contributed by atoms with Crippen molar-refractivity contribution in [1.82, 2.24) is 4.90 Å². The van der Waals surface area contributed by atoms with Crippen LogP contribution in [-0.4, -0.2) is 38.9 Å². The molecule has 1 aromatic rings. The first-order valence-electron chi connectivity index (χ1n) is 6.21. The van der Waals surface area contributed by atoms with E-state index in [4.69, 9.17) is 5.11 Å². The average molecular weight is 278 g/mol. The van der Waals surface area contributed by atoms with Crippen molar-refractivity contribution in [2.45, 2.75) is 31.8 Å². The first-order chi connectivity index (χ1) is 9.41. The quantitative estimate of drug-likeness (QED) is 0.652. The number of carbonyl (C=O) groups excluding carboxylic acids is 1. The third-order valence-electron chi connectivity index (χ3n) is 3.27. The lowest BCUT2D eigenvalue weighted by atomic mass is 10.1. The minimum Gasteiger partial charge on any atom is -0.480 e. The minimum absolute atomic E-state index is 0.0520. The normalized spacial score (nSPS) is 15.4. The molecule has 7 nitrogen and oxygen atoms in total. The van der Waals surface area contributed by atoms with E-state index >= 15 is 0 Å². The van der Waals surface area contributed by atoms with Crippen LogP contribution in [0.25, 0.3) is 0 Å². The fourth-order valence-corrected chi connectivity index (χ4v) is 2.00. The molecular formula is C13H14N2O5. The summed E-state index contributed by atoms with van der Waals surface area (Å²) in [6.45, 7) is 1.46. The van der Waals surface area contributed by atoms with Gasteiger partial charge in [0.15, 0.2) is 0 Å². The number of non-ortho nitro benzene ring substituents is 1. The zero-order valence-corrected chi connectivity index (χ0v) is 10.9. The van der Waals surface area contributed by atoms with Gasteiger partial charge in [0.2, 0.25) is 0 Å². The fourth-order valence-electron chi connectivity index (χ4n) is 2.00. The van der Waals surface area contributed by atoms with Crippen LogP contribution >= 0.6 is 0 Å². The van der Waals surface area contributed by atoms with Crippen LogP contribution in [0.4, 0.5) is 5.69 Å². The van der Waals surface area contributed by atoms with Crippen LogP contribution in [0, 0.1) is 10.1 Å². The van der Waals surface area contributed by atoms with Crippen LogP contribution in [0.2, 0.25) is 0 Å². The molecule has 1 saturated carbocycles. The maximum Gasteiger partial charge on any atom is 0.326 e. The van der Waals surface area contributed by atoms with Crippen molar-refractivity contribution in [3.63, 3.8) is 0 Å². The van der Waals surface area contributed by atoms with Crippen LogP contribution in [-0.2, 0) is 4.79 Å². The topological polar surface area (TPSA) is 101 Å². The molecule has 0 heterocycles. The molecule has 0 saturated heterocycles. The van der Waals surface area contributed by atoms with E-state index in [0.717, 1.165) is 12.8 Å². The van der Waals surface area contributed by atoms with E-state index in [1.54, 1.807) is 0 Å². The van der Waals surface area contributed by atoms with E-state index in [1.807, 2.05) is 0 Å². The van der Waals surface area contributed by atoms with Gasteiger partial charge in [-0.3, -0.25) is 14.9 Å². The van der Waals surface area contributed by atoms with Gasteiger partial charge in [0.25, 0.3) is 11.6 Å². The standard InChI is InChI=1S/C13H14N2O5/c1-8(13(17)18)14(10-6-7-10)12(16)9-2-4-11(5-3-9)15(19)20/h2-5,8,10H,6-7H2,1H3,(H,17,18). The summed E-state index contributed by atoms with van der Waals surface area (Å²) >= 11 is 0. The Bertz CT molecular complexity index is 550. The number of aliphatic carboxylic acids is 1. The molecular weight excluding hydrogens is 264 g/mol. The summed E-state index contributed by atoms with van der Waals surface area (Å²) < 4.78 is 0. The summed E-state index contributed by atoms with van der Waals surface area (Å²) in [5.74, 6) is -1.47. The number of carbonyl (C=O) groups is 2. The molecule has 1 atom stereocenters. The lowest BCUT2D eigenvalue weighted by Crippen LogP contribution is -2.44. The molecule has 1 aliphatic rings. The Balaban J connectivity index is 2.23. The number of carboxylic acid groups (broad SMARTS) is 1. The van der Waals surface area contributed by atoms with Crippen molar-refractivity contribution in [3.8, 4) is 0 Å². The summed E-state index contributed by atoms with van der Waals surface area (Å²) in [6.07, 6.45) is 1.58. The Morgan fingerprint density at radius 3 is 2.30 bits per heavy atom. The van der Waals surface area contributed by atoms with Gasteiger partial charge in [-0.15, -0.1) is 0 Å². The number of carboxylic acids is 1. The Morgan fingerprint density at radius 1 is 1.35 bits per heavy atom. The number of nitro groups is 1. The largest absolute Gasteiger partial charge is 0.480 e. The zero-order chi connectivity index (χ0) is 14.9. The number of amides is 1. The Morgan fingerprint density at radius 2 is 1.90 bits per heavy atom. The van der Waals surface area contributed by atoms with E-state index in [9.17, 15) is 19.7 Å². The third kappa shape index (κ3) is 2.76. The van der Waals surface area contributed by atoms with Crippen molar-refractivity contribution in [2.75, 3.05) is 0 Å². The van der Waals surface area contributed by atoms with Gasteiger partial charge in [-0.25, -0.2) is 4.79 Å². The molecule has 0 radical (unpaired) electrons. The summed E-state index contributed by atoms with van der Waals surface area (Å²) in [6, 6.07) is 4.22. The highest BCUT2D eigenvalue weighted by Gasteiger charge is 2.38. The molecule has 20 heavy (non-hydrogen) atoms. The van der Waals surface area contributed by atoms with Crippen molar-refractivity contribution in [3.05, 3.63) is 39.9 Å². The van der Waals surface area contributed by atoms with Gasteiger partial charge in [0.05, 0.1) is 4.92 Å². The summed E-state index contributed by atoms with van der Waals surface area (Å²) in [5.41, 5.74) is 0.154. The second-order valence-electron chi connectivity index (χ2n) is 4.76. The molecule has 1 fully saturated rings. The van der Waals surface area contributed by atoms with Gasteiger partial charge < -0.3 is 10.0 Å². The van der Waals surface area contributed by atoms with E-state index < -0.39 is 22.8 Å². The third-order valence-corrected chi connectivity index (χ3v) is 3.27. The van der Waals surface area contributed by atoms with Gasteiger partial charge in [-0.1, -0.05) is 0 Å². The second-order valence-corrected chi connectivity index (χ2v) is 4.76. The molecule has 0 spiro atoms. The monoisotopic (exact) mass is 278 g/mol. The highest BCUT2D eigenvalue weighted by atomic mass is 16.6. The number of hydrogen-bond donors (Lipinski definition) is 1. The first kappa shape index (κ1) is 14.0. The van der Waals surface area contributed by atoms with E-state index in [1.165, 1.54) is 36.1 Å². The van der Waals surface area contributed by atoms with Crippen molar-refractivity contribution in [1.29, 1.82) is 0 Å². The average Bonchev–Trinajstić information content (AvgIpc) is 3.23. The molecule has 0 aromatic heterocycles. The predicted molar refractivity (Wildman–Crippen MR) is 69.4 cm³/mol. The van der Waals surface area contributed by atoms with E-state index in [0.29, 0.717) is 0 Å². The van der Waals surface area contributed by atoms with Gasteiger partial charge in [-0.05, 0) is 31.9 Å². The second kappa shape index (κ2) is 5.28. The molecule has 0 aliphatic heterocycles. The smallest absolute Gasteiger partial charge is 0.326 e. The summed E-state index contributed by atoms with van der Waals surface area (Å²) in [5, 5.41) is 19.6. The van der Waals surface area contributed by atoms with Crippen LogP contribution < -0.4 is 0 Å². The fraction of sp³-hybridized carbons (Fsp3) is 0.385. The van der Waals surface area contributed by atoms with Crippen molar-refractivity contribution in [2.24, 2.45) is 0 Å². The number of hydrogen-bond acceptors (Lipinski definition) is 4. The molecule has 0 bridgehead atoms. The van der Waals surface area contributed by atoms with Crippen molar-refractivity contribution < 1.29 is 19.6 Å². The van der Waals surface area contributed by atoms with Crippen LogP contribution in [0.1, 0.15) is 30.1 Å². The lowest BCUT2D eigenvalue weighted by Gasteiger charge is -2.26. The van der Waals surface area contributed by atoms with Gasteiger partial charge in [0.1, 0.15) is 6.04 Å². The molecule has 7 heteroatoms. The molecule has 2 rings (SSSR count). The minimum atomic E-state index is -1.06. The van der Waals surface area contributed by atoms with Gasteiger partial charge in [0, 0.05) is 23.7 Å². The van der Waals surface area contributed by atoms with Crippen LogP contribution in [0.3, 0.4) is 0 Å². The molecule has 1 N–H and O–H groups in total. The molecule has 1 aromatic carbocycles. The maximum absolute atomic E-state index is 12.3. The predicted octanol–water partition coefficient (Wildman–Crippen LogP) is 1.67. The zero-order valence-electron chi connectivity index (χ0n) is 10.9. The van der Waals surface area contributed by atoms with E-state index in [-0.39, 0.29) is 17.3 Å². The number of rotatable bonds is 5. The Kier molecular flexibility index (Phi) is 3.69. The Labute approximate surface area is 115 Å². The van der Waals surface area contributed by atoms with Gasteiger partial charge >= 0.3 is 5.97 Å².